The molecule has 0 aliphatic carbocycles. The van der Waals surface area contributed by atoms with Gasteiger partial charge in [0, 0.05) is 6.54 Å². The molecule has 0 atom stereocenters. The van der Waals surface area contributed by atoms with E-state index in [0.717, 1.165) is 13.1 Å². The predicted octanol–water partition coefficient (Wildman–Crippen LogP) is 0.944. The van der Waals surface area contributed by atoms with E-state index in [1.165, 1.54) is 0 Å². The Hall–Kier alpha value is -0.340. The van der Waals surface area contributed by atoms with Crippen molar-refractivity contribution in [2.45, 2.75) is 6.92 Å². The molecule has 0 radical (unpaired) electrons. The summed E-state index contributed by atoms with van der Waals surface area (Å²) in [6, 6.07) is 0. The van der Waals surface area contributed by atoms with E-state index in [-0.39, 0.29) is 6.15 Å². The zero-order valence-electron chi connectivity index (χ0n) is 4.91. The first-order chi connectivity index (χ1) is 2.91. The first-order valence-electron chi connectivity index (χ1n) is 2.23. The monoisotopic (exact) mass is 102 g/mol. The number of nitrogens with one attached hydrogen (secondary N) is 1. The van der Waals surface area contributed by atoms with Crippen LogP contribution < -0.4 is 11.5 Å². The standard InChI is InChI=1S/C5H11N.H3N/c1-3-5-6-4-2;/h3,6H,1,4-5H2,2H3;1H3. The molecule has 0 fully saturated rings. The zero-order chi connectivity index (χ0) is 4.83. The summed E-state index contributed by atoms with van der Waals surface area (Å²) in [6.45, 7) is 7.57. The van der Waals surface area contributed by atoms with Crippen molar-refractivity contribution in [2.75, 3.05) is 13.1 Å². The van der Waals surface area contributed by atoms with E-state index in [1.54, 1.807) is 0 Å². The van der Waals surface area contributed by atoms with Gasteiger partial charge in [0.1, 0.15) is 0 Å². The first kappa shape index (κ1) is 9.83. The lowest BCUT2D eigenvalue weighted by Crippen LogP contribution is -2.10. The van der Waals surface area contributed by atoms with E-state index in [1.807, 2.05) is 6.08 Å². The highest BCUT2D eigenvalue weighted by atomic mass is 14.8. The van der Waals surface area contributed by atoms with E-state index in [0.29, 0.717) is 0 Å². The Bertz CT molecular complexity index is 35.1. The number of rotatable bonds is 3. The normalized spacial score (nSPS) is 7.00. The van der Waals surface area contributed by atoms with Gasteiger partial charge in [0.25, 0.3) is 0 Å². The molecule has 2 nitrogen and oxygen atoms in total. The fraction of sp³-hybridized carbons (Fsp3) is 0.600. The molecule has 7 heavy (non-hydrogen) atoms. The summed E-state index contributed by atoms with van der Waals surface area (Å²) in [6.07, 6.45) is 1.85. The van der Waals surface area contributed by atoms with Crippen LogP contribution in [-0.4, -0.2) is 13.1 Å². The SMILES string of the molecule is C=CCNCC.N. The Labute approximate surface area is 45.2 Å². The molecule has 0 aromatic carbocycles. The van der Waals surface area contributed by atoms with E-state index < -0.39 is 0 Å². The van der Waals surface area contributed by atoms with Gasteiger partial charge in [-0.05, 0) is 6.54 Å². The average Bonchev–Trinajstić information content (AvgIpc) is 1.61. The van der Waals surface area contributed by atoms with Crippen LogP contribution in [0.1, 0.15) is 6.92 Å². The third kappa shape index (κ3) is 10.7. The van der Waals surface area contributed by atoms with Gasteiger partial charge in [-0.2, -0.15) is 0 Å². The van der Waals surface area contributed by atoms with Crippen molar-refractivity contribution in [1.29, 1.82) is 0 Å². The highest BCUT2D eigenvalue weighted by Crippen LogP contribution is 1.55. The maximum atomic E-state index is 3.54. The lowest BCUT2D eigenvalue weighted by molar-refractivity contribution is 0.800. The van der Waals surface area contributed by atoms with Gasteiger partial charge in [0.2, 0.25) is 0 Å². The third-order valence-electron chi connectivity index (χ3n) is 0.539. The van der Waals surface area contributed by atoms with Gasteiger partial charge < -0.3 is 11.5 Å². The quantitative estimate of drug-likeness (QED) is 0.411. The minimum atomic E-state index is 0. The molecule has 0 saturated carbocycles. The van der Waals surface area contributed by atoms with Gasteiger partial charge in [-0.3, -0.25) is 0 Å². The van der Waals surface area contributed by atoms with Crippen molar-refractivity contribution < 1.29 is 0 Å². The summed E-state index contributed by atoms with van der Waals surface area (Å²) in [5, 5.41) is 3.08. The van der Waals surface area contributed by atoms with Crippen molar-refractivity contribution in [3.05, 3.63) is 12.7 Å². The van der Waals surface area contributed by atoms with Crippen molar-refractivity contribution in [3.63, 3.8) is 0 Å². The second kappa shape index (κ2) is 9.18. The summed E-state index contributed by atoms with van der Waals surface area (Å²) >= 11 is 0. The molecule has 0 heterocycles. The minimum Gasteiger partial charge on any atom is -0.344 e. The van der Waals surface area contributed by atoms with Crippen molar-refractivity contribution in [2.24, 2.45) is 0 Å². The fourth-order valence-electron chi connectivity index (χ4n) is 0.246. The molecule has 0 unspecified atom stereocenters. The molecule has 0 amide bonds. The molecule has 0 aromatic heterocycles. The maximum Gasteiger partial charge on any atom is 0.0132 e. The molecule has 0 aliphatic heterocycles. The van der Waals surface area contributed by atoms with E-state index in [2.05, 4.69) is 18.8 Å². The second-order valence-electron chi connectivity index (χ2n) is 1.10. The van der Waals surface area contributed by atoms with E-state index in [9.17, 15) is 0 Å². The van der Waals surface area contributed by atoms with E-state index in [4.69, 9.17) is 0 Å². The smallest absolute Gasteiger partial charge is 0.0132 e. The molecule has 2 heteroatoms. The zero-order valence-corrected chi connectivity index (χ0v) is 4.91. The third-order valence-corrected chi connectivity index (χ3v) is 0.539. The Morgan fingerprint density at radius 1 is 1.71 bits per heavy atom. The first-order valence-corrected chi connectivity index (χ1v) is 2.23. The number of hydrogen-bond donors (Lipinski definition) is 2. The molecule has 0 aromatic rings. The van der Waals surface area contributed by atoms with Crippen LogP contribution in [0.3, 0.4) is 0 Å². The average molecular weight is 102 g/mol. The largest absolute Gasteiger partial charge is 0.344 e. The maximum absolute atomic E-state index is 3.54. The van der Waals surface area contributed by atoms with Crippen molar-refractivity contribution in [1.82, 2.24) is 11.5 Å². The van der Waals surface area contributed by atoms with Crippen molar-refractivity contribution >= 4 is 0 Å². The van der Waals surface area contributed by atoms with Gasteiger partial charge in [-0.25, -0.2) is 0 Å². The van der Waals surface area contributed by atoms with Gasteiger partial charge in [-0.1, -0.05) is 13.0 Å². The molecule has 0 bridgehead atoms. The number of hydrogen-bond acceptors (Lipinski definition) is 2. The summed E-state index contributed by atoms with van der Waals surface area (Å²) in [5.41, 5.74) is 0. The molecule has 0 saturated heterocycles. The lowest BCUT2D eigenvalue weighted by atomic mass is 10.6. The van der Waals surface area contributed by atoms with Crippen LogP contribution in [0.5, 0.6) is 0 Å². The molecule has 44 valence electrons. The molecular formula is C5H14N2. The van der Waals surface area contributed by atoms with Gasteiger partial charge in [0.05, 0.1) is 0 Å². The summed E-state index contributed by atoms with van der Waals surface area (Å²) in [5.74, 6) is 0. The molecule has 0 aliphatic rings. The highest BCUT2D eigenvalue weighted by molar-refractivity contribution is 4.68. The lowest BCUT2D eigenvalue weighted by Gasteiger charge is -1.88. The summed E-state index contributed by atoms with van der Waals surface area (Å²) < 4.78 is 0. The van der Waals surface area contributed by atoms with Crippen LogP contribution in [0.15, 0.2) is 12.7 Å². The van der Waals surface area contributed by atoms with Crippen LogP contribution in [0, 0.1) is 0 Å². The van der Waals surface area contributed by atoms with Gasteiger partial charge in [0.15, 0.2) is 0 Å². The van der Waals surface area contributed by atoms with Crippen LogP contribution in [0.4, 0.5) is 0 Å². The Morgan fingerprint density at radius 3 is 2.43 bits per heavy atom. The van der Waals surface area contributed by atoms with Crippen LogP contribution in [0.2, 0.25) is 0 Å². The highest BCUT2D eigenvalue weighted by Gasteiger charge is 1.66. The number of likely N-dealkylation sites (N-methyl/N-ethyl adjacent to an activating group) is 1. The van der Waals surface area contributed by atoms with E-state index >= 15 is 0 Å². The predicted molar refractivity (Wildman–Crippen MR) is 33.8 cm³/mol. The second-order valence-corrected chi connectivity index (χ2v) is 1.10. The summed E-state index contributed by atoms with van der Waals surface area (Å²) in [7, 11) is 0. The Morgan fingerprint density at radius 2 is 2.29 bits per heavy atom. The molecule has 4 N–H and O–H groups in total. The summed E-state index contributed by atoms with van der Waals surface area (Å²) in [4.78, 5) is 0. The Kier molecular flexibility index (Phi) is 12.9. The molecule has 0 spiro atoms. The molecule has 0 rings (SSSR count). The fourth-order valence-corrected chi connectivity index (χ4v) is 0.246. The van der Waals surface area contributed by atoms with Crippen LogP contribution in [-0.2, 0) is 0 Å². The van der Waals surface area contributed by atoms with Crippen LogP contribution in [0.25, 0.3) is 0 Å². The van der Waals surface area contributed by atoms with Gasteiger partial charge in [-0.15, -0.1) is 6.58 Å². The molecular weight excluding hydrogens is 88.1 g/mol. The van der Waals surface area contributed by atoms with Gasteiger partial charge >= 0.3 is 0 Å². The topological polar surface area (TPSA) is 47.0 Å². The Balaban J connectivity index is 0. The van der Waals surface area contributed by atoms with Crippen LogP contribution >= 0.6 is 0 Å². The minimum absolute atomic E-state index is 0. The van der Waals surface area contributed by atoms with Crippen molar-refractivity contribution in [3.8, 4) is 0 Å².